The third-order valence-corrected chi connectivity index (χ3v) is 3.41. The van der Waals surface area contributed by atoms with Gasteiger partial charge in [0.2, 0.25) is 0 Å². The maximum atomic E-state index is 12.5. The summed E-state index contributed by atoms with van der Waals surface area (Å²) in [6.07, 6.45) is 0. The topological polar surface area (TPSA) is 89.8 Å². The lowest BCUT2D eigenvalue weighted by molar-refractivity contribution is -0.384. The number of nitrogens with zero attached hydrogens (tertiary/aromatic N) is 2. The standard InChI is InChI=1S/C15H10N2O5/c1-22-13-5-3-2-4-12(13)16-14(18)10-7-6-9(17(20)21)8-11(10)15(16)19/h2-8H,1H3. The molecule has 0 fully saturated rings. The van der Waals surface area contributed by atoms with Crippen molar-refractivity contribution in [3.63, 3.8) is 0 Å². The number of carbonyl (C=O) groups is 2. The number of benzene rings is 2. The predicted octanol–water partition coefficient (Wildman–Crippen LogP) is 2.40. The summed E-state index contributed by atoms with van der Waals surface area (Å²) in [6.45, 7) is 0. The number of hydrogen-bond acceptors (Lipinski definition) is 5. The molecular weight excluding hydrogens is 288 g/mol. The van der Waals surface area contributed by atoms with Crippen LogP contribution in [-0.2, 0) is 0 Å². The Balaban J connectivity index is 2.12. The first kappa shape index (κ1) is 13.7. The zero-order valence-electron chi connectivity index (χ0n) is 11.5. The molecule has 3 rings (SSSR count). The summed E-state index contributed by atoms with van der Waals surface area (Å²) in [5.74, 6) is -0.765. The molecule has 0 saturated carbocycles. The van der Waals surface area contributed by atoms with Crippen molar-refractivity contribution >= 4 is 23.2 Å². The molecule has 2 aromatic rings. The number of anilines is 1. The Bertz CT molecular complexity index is 815. The minimum absolute atomic E-state index is 0.0186. The number of hydrogen-bond donors (Lipinski definition) is 0. The van der Waals surface area contributed by atoms with E-state index >= 15 is 0 Å². The molecule has 110 valence electrons. The van der Waals surface area contributed by atoms with Crippen molar-refractivity contribution in [2.45, 2.75) is 0 Å². The largest absolute Gasteiger partial charge is 0.495 e. The maximum Gasteiger partial charge on any atom is 0.270 e. The van der Waals surface area contributed by atoms with Gasteiger partial charge in [-0.1, -0.05) is 12.1 Å². The van der Waals surface area contributed by atoms with Gasteiger partial charge in [-0.05, 0) is 18.2 Å². The summed E-state index contributed by atoms with van der Waals surface area (Å²) in [5.41, 5.74) is 0.229. The number of non-ortho nitro benzene ring substituents is 1. The van der Waals surface area contributed by atoms with Gasteiger partial charge in [-0.2, -0.15) is 0 Å². The first-order valence-electron chi connectivity index (χ1n) is 6.35. The monoisotopic (exact) mass is 298 g/mol. The molecular formula is C15H10N2O5. The van der Waals surface area contributed by atoms with Gasteiger partial charge >= 0.3 is 0 Å². The van der Waals surface area contributed by atoms with Crippen LogP contribution in [0.2, 0.25) is 0 Å². The van der Waals surface area contributed by atoms with Crippen LogP contribution >= 0.6 is 0 Å². The zero-order chi connectivity index (χ0) is 15.9. The normalized spacial score (nSPS) is 13.2. The maximum absolute atomic E-state index is 12.5. The van der Waals surface area contributed by atoms with Gasteiger partial charge in [0, 0.05) is 12.1 Å². The second kappa shape index (κ2) is 4.96. The Morgan fingerprint density at radius 3 is 2.41 bits per heavy atom. The lowest BCUT2D eigenvalue weighted by Crippen LogP contribution is -2.29. The quantitative estimate of drug-likeness (QED) is 0.493. The van der Waals surface area contributed by atoms with Gasteiger partial charge in [0.05, 0.1) is 28.8 Å². The summed E-state index contributed by atoms with van der Waals surface area (Å²) < 4.78 is 5.16. The van der Waals surface area contributed by atoms with Crippen LogP contribution in [0, 0.1) is 10.1 Å². The van der Waals surface area contributed by atoms with Crippen molar-refractivity contribution in [1.29, 1.82) is 0 Å². The van der Waals surface area contributed by atoms with E-state index in [9.17, 15) is 19.7 Å². The van der Waals surface area contributed by atoms with E-state index in [0.29, 0.717) is 11.4 Å². The fourth-order valence-electron chi connectivity index (χ4n) is 2.38. The Kier molecular flexibility index (Phi) is 3.10. The second-order valence-corrected chi connectivity index (χ2v) is 4.60. The van der Waals surface area contributed by atoms with Crippen LogP contribution in [0.1, 0.15) is 20.7 Å². The molecule has 2 amide bonds. The van der Waals surface area contributed by atoms with Crippen LogP contribution < -0.4 is 9.64 Å². The van der Waals surface area contributed by atoms with Gasteiger partial charge in [0.1, 0.15) is 5.75 Å². The number of rotatable bonds is 3. The molecule has 7 nitrogen and oxygen atoms in total. The van der Waals surface area contributed by atoms with Crippen LogP contribution in [0.3, 0.4) is 0 Å². The number of ether oxygens (including phenoxy) is 1. The SMILES string of the molecule is COc1ccccc1N1C(=O)c2ccc([N+](=O)[O-])cc2C1=O. The van der Waals surface area contributed by atoms with E-state index in [4.69, 9.17) is 4.74 Å². The number of para-hydroxylation sites is 2. The number of methoxy groups -OCH3 is 1. The van der Waals surface area contributed by atoms with Gasteiger partial charge in [-0.25, -0.2) is 4.90 Å². The summed E-state index contributed by atoms with van der Waals surface area (Å²) in [6, 6.07) is 10.2. The molecule has 2 aromatic carbocycles. The Hall–Kier alpha value is -3.22. The van der Waals surface area contributed by atoms with Crippen LogP contribution in [0.15, 0.2) is 42.5 Å². The summed E-state index contributed by atoms with van der Waals surface area (Å²) in [4.78, 5) is 36.1. The van der Waals surface area contributed by atoms with Gasteiger partial charge in [0.25, 0.3) is 17.5 Å². The molecule has 0 N–H and O–H groups in total. The zero-order valence-corrected chi connectivity index (χ0v) is 11.5. The highest BCUT2D eigenvalue weighted by Gasteiger charge is 2.39. The molecule has 0 bridgehead atoms. The number of fused-ring (bicyclic) bond motifs is 1. The van der Waals surface area contributed by atoms with E-state index in [1.807, 2.05) is 0 Å². The third kappa shape index (κ3) is 1.91. The van der Waals surface area contributed by atoms with Crippen LogP contribution in [-0.4, -0.2) is 23.8 Å². The van der Waals surface area contributed by atoms with Crippen molar-refractivity contribution in [2.24, 2.45) is 0 Å². The summed E-state index contributed by atoms with van der Waals surface area (Å²) >= 11 is 0. The average Bonchev–Trinajstić information content (AvgIpc) is 2.78. The highest BCUT2D eigenvalue weighted by Crippen LogP contribution is 2.35. The fourth-order valence-corrected chi connectivity index (χ4v) is 2.38. The summed E-state index contributed by atoms with van der Waals surface area (Å²) in [5, 5.41) is 10.8. The molecule has 0 spiro atoms. The van der Waals surface area contributed by atoms with Crippen molar-refractivity contribution < 1.29 is 19.2 Å². The minimum Gasteiger partial charge on any atom is -0.495 e. The Labute approximate surface area is 124 Å². The molecule has 1 heterocycles. The first-order valence-corrected chi connectivity index (χ1v) is 6.35. The molecule has 0 aromatic heterocycles. The average molecular weight is 298 g/mol. The molecule has 0 unspecified atom stereocenters. The molecule has 0 atom stereocenters. The van der Waals surface area contributed by atoms with Crippen molar-refractivity contribution in [2.75, 3.05) is 12.0 Å². The number of imide groups is 1. The van der Waals surface area contributed by atoms with E-state index in [1.54, 1.807) is 24.3 Å². The molecule has 22 heavy (non-hydrogen) atoms. The molecule has 0 aliphatic carbocycles. The minimum atomic E-state index is -0.607. The molecule has 0 saturated heterocycles. The smallest absolute Gasteiger partial charge is 0.270 e. The van der Waals surface area contributed by atoms with E-state index in [-0.39, 0.29) is 16.8 Å². The van der Waals surface area contributed by atoms with Gasteiger partial charge in [-0.3, -0.25) is 19.7 Å². The van der Waals surface area contributed by atoms with Crippen LogP contribution in [0.5, 0.6) is 5.75 Å². The molecule has 0 radical (unpaired) electrons. The Morgan fingerprint density at radius 1 is 1.05 bits per heavy atom. The van der Waals surface area contributed by atoms with Crippen molar-refractivity contribution in [3.05, 3.63) is 63.7 Å². The highest BCUT2D eigenvalue weighted by atomic mass is 16.6. The number of nitro groups is 1. The molecule has 7 heteroatoms. The van der Waals surface area contributed by atoms with Gasteiger partial charge in [-0.15, -0.1) is 0 Å². The lowest BCUT2D eigenvalue weighted by atomic mass is 10.1. The highest BCUT2D eigenvalue weighted by molar-refractivity contribution is 6.35. The number of nitro benzene ring substituents is 1. The lowest BCUT2D eigenvalue weighted by Gasteiger charge is -2.16. The summed E-state index contributed by atoms with van der Waals surface area (Å²) in [7, 11) is 1.43. The van der Waals surface area contributed by atoms with Gasteiger partial charge < -0.3 is 4.74 Å². The van der Waals surface area contributed by atoms with Crippen molar-refractivity contribution in [1.82, 2.24) is 0 Å². The third-order valence-electron chi connectivity index (χ3n) is 3.41. The predicted molar refractivity (Wildman–Crippen MR) is 77.2 cm³/mol. The Morgan fingerprint density at radius 2 is 1.73 bits per heavy atom. The first-order chi connectivity index (χ1) is 10.5. The fraction of sp³-hybridized carbons (Fsp3) is 0.0667. The van der Waals surface area contributed by atoms with Gasteiger partial charge in [0.15, 0.2) is 0 Å². The van der Waals surface area contributed by atoms with Crippen molar-refractivity contribution in [3.8, 4) is 5.75 Å². The molecule has 1 aliphatic rings. The van der Waals surface area contributed by atoms with Crippen LogP contribution in [0.25, 0.3) is 0 Å². The van der Waals surface area contributed by atoms with E-state index in [1.165, 1.54) is 19.2 Å². The van der Waals surface area contributed by atoms with E-state index in [0.717, 1.165) is 11.0 Å². The van der Waals surface area contributed by atoms with Crippen LogP contribution in [0.4, 0.5) is 11.4 Å². The van der Waals surface area contributed by atoms with E-state index < -0.39 is 16.7 Å². The number of carbonyl (C=O) groups excluding carboxylic acids is 2. The van der Waals surface area contributed by atoms with E-state index in [2.05, 4.69) is 0 Å². The number of amides is 2. The second-order valence-electron chi connectivity index (χ2n) is 4.60. The molecule has 1 aliphatic heterocycles.